The number of carbonyl (C=O) groups is 2. The van der Waals surface area contributed by atoms with E-state index in [9.17, 15) is 9.59 Å². The molecule has 0 aromatic heterocycles. The number of carbonyl (C=O) groups excluding carboxylic acids is 2. The monoisotopic (exact) mass is 311 g/mol. The third-order valence-electron chi connectivity index (χ3n) is 3.81. The number of hydrogen-bond donors (Lipinski definition) is 2. The van der Waals surface area contributed by atoms with E-state index < -0.39 is 0 Å². The van der Waals surface area contributed by atoms with E-state index in [1.807, 2.05) is 30.3 Å². The molecule has 118 valence electrons. The lowest BCUT2D eigenvalue weighted by molar-refractivity contribution is 0.0252. The molecule has 0 bridgehead atoms. The number of cyclic esters (lactones) is 1. The summed E-state index contributed by atoms with van der Waals surface area (Å²) < 4.78 is 5.49. The average Bonchev–Trinajstić information content (AvgIpc) is 2.59. The maximum absolute atomic E-state index is 12.2. The van der Waals surface area contributed by atoms with Crippen molar-refractivity contribution in [2.45, 2.75) is 12.5 Å². The van der Waals surface area contributed by atoms with Gasteiger partial charge in [0, 0.05) is 18.5 Å². The molecule has 0 spiro atoms. The van der Waals surface area contributed by atoms with Crippen molar-refractivity contribution in [3.8, 4) is 0 Å². The molecule has 0 saturated carbocycles. The number of aliphatic hydroxyl groups excluding tert-OH is 1. The smallest absolute Gasteiger partial charge is 0.339 e. The number of esters is 1. The minimum absolute atomic E-state index is 0.112. The van der Waals surface area contributed by atoms with E-state index in [1.165, 1.54) is 0 Å². The average molecular weight is 311 g/mol. The highest BCUT2D eigenvalue weighted by atomic mass is 16.5. The highest BCUT2D eigenvalue weighted by Crippen LogP contribution is 2.30. The van der Waals surface area contributed by atoms with Gasteiger partial charge in [-0.3, -0.25) is 4.79 Å². The zero-order chi connectivity index (χ0) is 16.2. The molecule has 1 aliphatic rings. The van der Waals surface area contributed by atoms with Crippen molar-refractivity contribution in [1.82, 2.24) is 5.32 Å². The minimum atomic E-state index is -0.373. The van der Waals surface area contributed by atoms with E-state index in [0.29, 0.717) is 17.5 Å². The van der Waals surface area contributed by atoms with Crippen LogP contribution >= 0.6 is 0 Å². The van der Waals surface area contributed by atoms with Gasteiger partial charge in [0.1, 0.15) is 6.10 Å². The van der Waals surface area contributed by atoms with Crippen molar-refractivity contribution in [2.75, 3.05) is 13.2 Å². The van der Waals surface area contributed by atoms with Crippen molar-refractivity contribution in [1.29, 1.82) is 0 Å². The first-order chi connectivity index (χ1) is 11.2. The molecule has 1 atom stereocenters. The van der Waals surface area contributed by atoms with E-state index in [2.05, 4.69) is 5.32 Å². The summed E-state index contributed by atoms with van der Waals surface area (Å²) in [5.74, 6) is -0.639. The minimum Gasteiger partial charge on any atom is -0.454 e. The van der Waals surface area contributed by atoms with E-state index >= 15 is 0 Å². The number of hydrogen-bond acceptors (Lipinski definition) is 4. The van der Waals surface area contributed by atoms with Crippen LogP contribution in [0.15, 0.2) is 48.5 Å². The largest absolute Gasteiger partial charge is 0.454 e. The molecule has 3 rings (SSSR count). The van der Waals surface area contributed by atoms with Gasteiger partial charge in [0.25, 0.3) is 5.91 Å². The van der Waals surface area contributed by atoms with Gasteiger partial charge in [0.05, 0.1) is 12.2 Å². The van der Waals surface area contributed by atoms with Gasteiger partial charge in [-0.15, -0.1) is 0 Å². The van der Waals surface area contributed by atoms with Crippen LogP contribution in [0.2, 0.25) is 0 Å². The van der Waals surface area contributed by atoms with Crippen LogP contribution in [0.25, 0.3) is 0 Å². The predicted octanol–water partition coefficient (Wildman–Crippen LogP) is 1.86. The van der Waals surface area contributed by atoms with Crippen molar-refractivity contribution in [3.05, 3.63) is 70.8 Å². The molecule has 1 aliphatic heterocycles. The molecule has 0 fully saturated rings. The number of fused-ring (bicyclic) bond motifs is 1. The SMILES string of the molecule is O=C(NCCO)c1ccc2c(c1)CC(c1ccccc1)OC2=O. The fraction of sp³-hybridized carbons (Fsp3) is 0.222. The summed E-state index contributed by atoms with van der Waals surface area (Å²) in [6.07, 6.45) is 0.193. The summed E-state index contributed by atoms with van der Waals surface area (Å²) in [6.45, 7) is 0.0870. The van der Waals surface area contributed by atoms with Gasteiger partial charge in [-0.25, -0.2) is 4.79 Å². The number of aliphatic hydroxyl groups is 1. The molecule has 0 aliphatic carbocycles. The molecule has 1 heterocycles. The third-order valence-corrected chi connectivity index (χ3v) is 3.81. The molecule has 2 aromatic carbocycles. The van der Waals surface area contributed by atoms with Gasteiger partial charge in [-0.1, -0.05) is 30.3 Å². The van der Waals surface area contributed by atoms with Crippen molar-refractivity contribution >= 4 is 11.9 Å². The van der Waals surface area contributed by atoms with Crippen LogP contribution in [-0.2, 0) is 11.2 Å². The molecule has 5 nitrogen and oxygen atoms in total. The lowest BCUT2D eigenvalue weighted by Crippen LogP contribution is -2.27. The van der Waals surface area contributed by atoms with E-state index in [-0.39, 0.29) is 31.1 Å². The van der Waals surface area contributed by atoms with E-state index in [0.717, 1.165) is 11.1 Å². The summed E-state index contributed by atoms with van der Waals surface area (Å²) in [7, 11) is 0. The second-order valence-corrected chi connectivity index (χ2v) is 5.36. The van der Waals surface area contributed by atoms with Crippen LogP contribution in [0.4, 0.5) is 0 Å². The Bertz CT molecular complexity index is 727. The molecule has 0 saturated heterocycles. The summed E-state index contributed by atoms with van der Waals surface area (Å²) in [4.78, 5) is 24.2. The second-order valence-electron chi connectivity index (χ2n) is 5.36. The summed E-state index contributed by atoms with van der Waals surface area (Å²) in [5.41, 5.74) is 2.70. The van der Waals surface area contributed by atoms with Gasteiger partial charge >= 0.3 is 5.97 Å². The first kappa shape index (κ1) is 15.2. The third kappa shape index (κ3) is 3.24. The summed E-state index contributed by atoms with van der Waals surface area (Å²) >= 11 is 0. The Balaban J connectivity index is 1.87. The second kappa shape index (κ2) is 6.62. The lowest BCUT2D eigenvalue weighted by atomic mass is 9.93. The van der Waals surface area contributed by atoms with E-state index in [1.54, 1.807) is 18.2 Å². The molecular formula is C18H17NO4. The fourth-order valence-corrected chi connectivity index (χ4v) is 2.66. The summed E-state index contributed by atoms with van der Waals surface area (Å²) in [6, 6.07) is 14.5. The van der Waals surface area contributed by atoms with Gasteiger partial charge in [-0.2, -0.15) is 0 Å². The Morgan fingerprint density at radius 2 is 2.00 bits per heavy atom. The van der Waals surface area contributed by atoms with Gasteiger partial charge in [0.15, 0.2) is 0 Å². The molecule has 23 heavy (non-hydrogen) atoms. The predicted molar refractivity (Wildman–Crippen MR) is 84.2 cm³/mol. The van der Waals surface area contributed by atoms with E-state index in [4.69, 9.17) is 9.84 Å². The van der Waals surface area contributed by atoms with Crippen LogP contribution in [0.3, 0.4) is 0 Å². The Morgan fingerprint density at radius 3 is 2.74 bits per heavy atom. The van der Waals surface area contributed by atoms with Crippen LogP contribution in [0.1, 0.15) is 37.9 Å². The molecule has 1 unspecified atom stereocenters. The Labute approximate surface area is 133 Å². The highest BCUT2D eigenvalue weighted by Gasteiger charge is 2.28. The first-order valence-electron chi connectivity index (χ1n) is 7.47. The number of rotatable bonds is 4. The topological polar surface area (TPSA) is 75.6 Å². The van der Waals surface area contributed by atoms with Crippen LogP contribution in [0.5, 0.6) is 0 Å². The zero-order valence-corrected chi connectivity index (χ0v) is 12.5. The van der Waals surface area contributed by atoms with Crippen LogP contribution < -0.4 is 5.32 Å². The Hall–Kier alpha value is -2.66. The lowest BCUT2D eigenvalue weighted by Gasteiger charge is -2.25. The standard InChI is InChI=1S/C18H17NO4/c20-9-8-19-17(21)13-6-7-15-14(10-13)11-16(23-18(15)22)12-4-2-1-3-5-12/h1-7,10,16,20H,8-9,11H2,(H,19,21). The van der Waals surface area contributed by atoms with Crippen LogP contribution in [0, 0.1) is 0 Å². The van der Waals surface area contributed by atoms with Crippen LogP contribution in [-0.4, -0.2) is 30.1 Å². The summed E-state index contributed by atoms with van der Waals surface area (Å²) in [5, 5.41) is 11.4. The molecule has 1 amide bonds. The normalized spacial score (nSPS) is 16.4. The number of benzene rings is 2. The number of ether oxygens (including phenoxy) is 1. The van der Waals surface area contributed by atoms with Gasteiger partial charge in [0.2, 0.25) is 0 Å². The first-order valence-corrected chi connectivity index (χ1v) is 7.47. The van der Waals surface area contributed by atoms with Crippen molar-refractivity contribution < 1.29 is 19.4 Å². The maximum atomic E-state index is 12.2. The Morgan fingerprint density at radius 1 is 1.22 bits per heavy atom. The zero-order valence-electron chi connectivity index (χ0n) is 12.5. The highest BCUT2D eigenvalue weighted by molar-refractivity contribution is 5.97. The van der Waals surface area contributed by atoms with Crippen molar-refractivity contribution in [2.24, 2.45) is 0 Å². The number of amides is 1. The molecule has 5 heteroatoms. The number of nitrogens with one attached hydrogen (secondary N) is 1. The molecular weight excluding hydrogens is 294 g/mol. The quantitative estimate of drug-likeness (QED) is 0.845. The molecule has 2 aromatic rings. The molecule has 2 N–H and O–H groups in total. The van der Waals surface area contributed by atoms with Gasteiger partial charge < -0.3 is 15.2 Å². The maximum Gasteiger partial charge on any atom is 0.339 e. The fourth-order valence-electron chi connectivity index (χ4n) is 2.66. The molecule has 0 radical (unpaired) electrons. The Kier molecular flexibility index (Phi) is 4.39. The van der Waals surface area contributed by atoms with Crippen molar-refractivity contribution in [3.63, 3.8) is 0 Å². The van der Waals surface area contributed by atoms with Gasteiger partial charge in [-0.05, 0) is 29.3 Å².